The normalized spacial score (nSPS) is 19.8. The van der Waals surface area contributed by atoms with E-state index in [4.69, 9.17) is 15.5 Å². The van der Waals surface area contributed by atoms with Crippen LogP contribution in [0.25, 0.3) is 22.5 Å². The number of nitrogens with two attached hydrogens (primary N) is 1. The van der Waals surface area contributed by atoms with Gasteiger partial charge < -0.3 is 15.4 Å². The first-order valence-corrected chi connectivity index (χ1v) is 13.2. The van der Waals surface area contributed by atoms with Crippen molar-refractivity contribution >= 4 is 17.9 Å². The minimum Gasteiger partial charge on any atom is -0.448 e. The largest absolute Gasteiger partial charge is 0.448 e. The molecule has 2 heterocycles. The predicted octanol–water partition coefficient (Wildman–Crippen LogP) is 4.74. The molecular formula is C29H34N6O3. The van der Waals surface area contributed by atoms with Gasteiger partial charge in [0.05, 0.1) is 6.54 Å². The molecule has 0 bridgehead atoms. The summed E-state index contributed by atoms with van der Waals surface area (Å²) >= 11 is 0. The average molecular weight is 515 g/mol. The van der Waals surface area contributed by atoms with E-state index in [1.54, 1.807) is 0 Å². The van der Waals surface area contributed by atoms with Crippen molar-refractivity contribution in [3.63, 3.8) is 0 Å². The Morgan fingerprint density at radius 2 is 1.68 bits per heavy atom. The lowest BCUT2D eigenvalue weighted by atomic mass is 9.83. The van der Waals surface area contributed by atoms with E-state index in [1.165, 1.54) is 0 Å². The summed E-state index contributed by atoms with van der Waals surface area (Å²) in [7, 11) is 0. The van der Waals surface area contributed by atoms with E-state index in [1.807, 2.05) is 73.3 Å². The molecule has 2 fully saturated rings. The highest BCUT2D eigenvalue weighted by atomic mass is 16.6. The van der Waals surface area contributed by atoms with Crippen LogP contribution in [-0.4, -0.2) is 51.3 Å². The van der Waals surface area contributed by atoms with E-state index >= 15 is 0 Å². The van der Waals surface area contributed by atoms with Crippen LogP contribution in [0.5, 0.6) is 0 Å². The van der Waals surface area contributed by atoms with Crippen molar-refractivity contribution in [3.05, 3.63) is 60.2 Å². The number of carbonyl (C=O) groups is 2. The number of amides is 2. The molecule has 1 saturated carbocycles. The maximum atomic E-state index is 12.9. The van der Waals surface area contributed by atoms with Crippen LogP contribution < -0.4 is 11.1 Å². The molecule has 1 saturated heterocycles. The molecule has 1 aliphatic carbocycles. The molecule has 9 heteroatoms. The van der Waals surface area contributed by atoms with Crippen LogP contribution in [0.4, 0.5) is 10.7 Å². The summed E-state index contributed by atoms with van der Waals surface area (Å²) in [5.74, 6) is 0.318. The van der Waals surface area contributed by atoms with E-state index in [0.717, 1.165) is 42.4 Å². The zero-order valence-corrected chi connectivity index (χ0v) is 21.9. The Kier molecular flexibility index (Phi) is 7.37. The van der Waals surface area contributed by atoms with Crippen LogP contribution >= 0.6 is 0 Å². The molecule has 198 valence electrons. The Morgan fingerprint density at radius 3 is 2.32 bits per heavy atom. The van der Waals surface area contributed by atoms with Gasteiger partial charge in [0, 0.05) is 29.1 Å². The number of hydrogen-bond acceptors (Lipinski definition) is 7. The third kappa shape index (κ3) is 5.83. The van der Waals surface area contributed by atoms with Crippen LogP contribution in [0.3, 0.4) is 0 Å². The lowest BCUT2D eigenvalue weighted by molar-refractivity contribution is -0.117. The van der Waals surface area contributed by atoms with Crippen molar-refractivity contribution in [2.75, 3.05) is 18.5 Å². The molecule has 3 aromatic rings. The number of carbonyl (C=O) groups excluding carboxylic acids is 2. The van der Waals surface area contributed by atoms with Gasteiger partial charge in [-0.05, 0) is 51.0 Å². The van der Waals surface area contributed by atoms with Crippen molar-refractivity contribution in [2.24, 2.45) is 11.7 Å². The van der Waals surface area contributed by atoms with E-state index in [2.05, 4.69) is 15.5 Å². The summed E-state index contributed by atoms with van der Waals surface area (Å²) in [6, 6.07) is 17.9. The van der Waals surface area contributed by atoms with Crippen molar-refractivity contribution in [3.8, 4) is 22.5 Å². The molecule has 1 aromatic heterocycles. The lowest BCUT2D eigenvalue weighted by Crippen LogP contribution is -2.39. The molecule has 3 N–H and O–H groups in total. The molecule has 2 aliphatic rings. The van der Waals surface area contributed by atoms with E-state index in [-0.39, 0.29) is 29.9 Å². The van der Waals surface area contributed by atoms with Crippen LogP contribution in [0, 0.1) is 5.92 Å². The number of benzene rings is 2. The monoisotopic (exact) mass is 514 g/mol. The topological polar surface area (TPSA) is 123 Å². The summed E-state index contributed by atoms with van der Waals surface area (Å²) < 4.78 is 5.07. The van der Waals surface area contributed by atoms with Crippen LogP contribution in [0.1, 0.15) is 51.5 Å². The number of hydrogen-bond donors (Lipinski definition) is 2. The maximum Gasteiger partial charge on any atom is 0.410 e. The summed E-state index contributed by atoms with van der Waals surface area (Å²) in [5.41, 5.74) is 9.84. The van der Waals surface area contributed by atoms with Crippen molar-refractivity contribution in [1.29, 1.82) is 0 Å². The first-order chi connectivity index (χ1) is 18.3. The molecular weight excluding hydrogens is 480 g/mol. The third-order valence-electron chi connectivity index (χ3n) is 7.41. The molecule has 0 atom stereocenters. The fourth-order valence-corrected chi connectivity index (χ4v) is 5.26. The third-order valence-corrected chi connectivity index (χ3v) is 7.41. The fourth-order valence-electron chi connectivity index (χ4n) is 5.26. The molecule has 0 radical (unpaired) electrons. The highest BCUT2D eigenvalue weighted by Gasteiger charge is 2.33. The number of rotatable bonds is 7. The van der Waals surface area contributed by atoms with E-state index in [9.17, 15) is 9.59 Å². The summed E-state index contributed by atoms with van der Waals surface area (Å²) in [6.07, 6.45) is 3.73. The van der Waals surface area contributed by atoms with Crippen molar-refractivity contribution < 1.29 is 14.3 Å². The molecule has 38 heavy (non-hydrogen) atoms. The van der Waals surface area contributed by atoms with Gasteiger partial charge in [-0.15, -0.1) is 10.2 Å². The highest BCUT2D eigenvalue weighted by Crippen LogP contribution is 2.32. The summed E-state index contributed by atoms with van der Waals surface area (Å²) in [5, 5.41) is 11.6. The second-order valence-electron chi connectivity index (χ2n) is 10.7. The number of nitrogens with one attached hydrogen (secondary N) is 1. The second kappa shape index (κ2) is 10.9. The van der Waals surface area contributed by atoms with Gasteiger partial charge in [-0.1, -0.05) is 54.6 Å². The fraction of sp³-hybridized carbons (Fsp3) is 0.414. The van der Waals surface area contributed by atoms with Gasteiger partial charge in [0.2, 0.25) is 11.9 Å². The van der Waals surface area contributed by atoms with Gasteiger partial charge >= 0.3 is 6.09 Å². The average Bonchev–Trinajstić information content (AvgIpc) is 3.35. The van der Waals surface area contributed by atoms with Gasteiger partial charge in [-0.3, -0.25) is 10.1 Å². The van der Waals surface area contributed by atoms with E-state index < -0.39 is 5.54 Å². The molecule has 5 rings (SSSR count). The number of nitrogens with zero attached hydrogens (tertiary/aromatic N) is 4. The Hall–Kier alpha value is -3.85. The number of cyclic esters (lactones) is 1. The van der Waals surface area contributed by atoms with Crippen molar-refractivity contribution in [1.82, 2.24) is 20.1 Å². The smallest absolute Gasteiger partial charge is 0.410 e. The molecule has 0 spiro atoms. The van der Waals surface area contributed by atoms with Gasteiger partial charge in [0.25, 0.3) is 0 Å². The van der Waals surface area contributed by atoms with Crippen LogP contribution in [0.2, 0.25) is 0 Å². The Bertz CT molecular complexity index is 1280. The molecule has 2 aromatic carbocycles. The molecule has 1 aliphatic heterocycles. The molecule has 2 amide bonds. The van der Waals surface area contributed by atoms with Crippen LogP contribution in [0.15, 0.2) is 54.6 Å². The van der Waals surface area contributed by atoms with Gasteiger partial charge in [0.15, 0.2) is 0 Å². The Balaban J connectivity index is 1.28. The van der Waals surface area contributed by atoms with Gasteiger partial charge in [-0.25, -0.2) is 9.78 Å². The second-order valence-corrected chi connectivity index (χ2v) is 10.7. The first-order valence-electron chi connectivity index (χ1n) is 13.2. The lowest BCUT2D eigenvalue weighted by Gasteiger charge is -2.32. The summed E-state index contributed by atoms with van der Waals surface area (Å²) in [6.45, 7) is 5.06. The molecule has 0 unspecified atom stereocenters. The molecule has 9 nitrogen and oxygen atoms in total. The number of aromatic nitrogens is 3. The summed E-state index contributed by atoms with van der Waals surface area (Å²) in [4.78, 5) is 31.3. The Morgan fingerprint density at radius 1 is 1.00 bits per heavy atom. The minimum atomic E-state index is -0.446. The number of ether oxygens (including phenoxy) is 1. The first kappa shape index (κ1) is 25.8. The quantitative estimate of drug-likeness (QED) is 0.467. The predicted molar refractivity (Wildman–Crippen MR) is 145 cm³/mol. The minimum absolute atomic E-state index is 0.128. The van der Waals surface area contributed by atoms with Crippen LogP contribution in [-0.2, 0) is 15.1 Å². The van der Waals surface area contributed by atoms with Gasteiger partial charge in [0.1, 0.15) is 18.0 Å². The maximum absolute atomic E-state index is 12.9. The zero-order chi connectivity index (χ0) is 26.7. The van der Waals surface area contributed by atoms with Gasteiger partial charge in [-0.2, -0.15) is 0 Å². The van der Waals surface area contributed by atoms with E-state index in [0.29, 0.717) is 31.0 Å². The zero-order valence-electron chi connectivity index (χ0n) is 21.9. The highest BCUT2D eigenvalue weighted by molar-refractivity contribution is 5.89. The Labute approximate surface area is 222 Å². The number of anilines is 1. The standard InChI is InChI=1S/C29H34N6O3/c1-29(2,30)22-12-10-21(11-13-22)26-25(20-6-4-3-5-7-20)32-27(34-33-26)31-24(36)18-19-8-14-23(15-9-19)35-16-17-38-28(35)37/h3-7,10-13,19,23H,8-9,14-18,30H2,1-2H3,(H,31,32,34,36). The SMILES string of the molecule is CC(C)(N)c1ccc(-c2nnc(NC(=O)CC3CCC(N4CCOC4=O)CC3)nc2-c2ccccc2)cc1. The van der Waals surface area contributed by atoms with Crippen molar-refractivity contribution in [2.45, 2.75) is 57.5 Å².